The molecule has 0 aromatic heterocycles. The maximum absolute atomic E-state index is 12.7. The minimum atomic E-state index is -0.217. The Kier molecular flexibility index (Phi) is 6.01. The van der Waals surface area contributed by atoms with E-state index in [0.29, 0.717) is 12.1 Å². The van der Waals surface area contributed by atoms with E-state index in [9.17, 15) is 4.39 Å². The van der Waals surface area contributed by atoms with Crippen molar-refractivity contribution in [3.63, 3.8) is 0 Å². The van der Waals surface area contributed by atoms with Gasteiger partial charge < -0.3 is 5.32 Å². The van der Waals surface area contributed by atoms with Crippen molar-refractivity contribution in [2.24, 2.45) is 0 Å². The predicted octanol–water partition coefficient (Wildman–Crippen LogP) is 3.41. The third kappa shape index (κ3) is 4.70. The zero-order valence-corrected chi connectivity index (χ0v) is 11.1. The summed E-state index contributed by atoms with van der Waals surface area (Å²) in [6.07, 6.45) is 0. The average molecular weight is 277 g/mol. The SMILES string of the molecule is Cl.N#Cc1ccc(CNCc2ccc(F)cc2)cc1. The highest BCUT2D eigenvalue weighted by atomic mass is 35.5. The number of nitriles is 1. The van der Waals surface area contributed by atoms with E-state index in [0.717, 1.165) is 17.7 Å². The van der Waals surface area contributed by atoms with Gasteiger partial charge in [0.15, 0.2) is 0 Å². The van der Waals surface area contributed by atoms with Crippen molar-refractivity contribution in [2.75, 3.05) is 0 Å². The number of rotatable bonds is 4. The smallest absolute Gasteiger partial charge is 0.123 e. The largest absolute Gasteiger partial charge is 0.309 e. The maximum Gasteiger partial charge on any atom is 0.123 e. The molecule has 0 aliphatic rings. The van der Waals surface area contributed by atoms with Gasteiger partial charge in [-0.3, -0.25) is 0 Å². The molecule has 98 valence electrons. The Bertz CT molecular complexity index is 544. The number of nitrogens with zero attached hydrogens (tertiary/aromatic N) is 1. The summed E-state index contributed by atoms with van der Waals surface area (Å²) in [5.41, 5.74) is 2.83. The van der Waals surface area contributed by atoms with E-state index in [2.05, 4.69) is 11.4 Å². The topological polar surface area (TPSA) is 35.8 Å². The molecule has 0 saturated heterocycles. The van der Waals surface area contributed by atoms with Crippen LogP contribution in [0.15, 0.2) is 48.5 Å². The second kappa shape index (κ2) is 7.52. The molecule has 0 aliphatic carbocycles. The Hall–Kier alpha value is -1.89. The molecule has 2 aromatic carbocycles. The molecule has 0 saturated carbocycles. The lowest BCUT2D eigenvalue weighted by Crippen LogP contribution is -2.12. The van der Waals surface area contributed by atoms with Crippen LogP contribution in [-0.2, 0) is 13.1 Å². The van der Waals surface area contributed by atoms with Gasteiger partial charge in [0.1, 0.15) is 5.82 Å². The minimum Gasteiger partial charge on any atom is -0.309 e. The van der Waals surface area contributed by atoms with E-state index in [1.807, 2.05) is 12.1 Å². The molecule has 0 bridgehead atoms. The van der Waals surface area contributed by atoms with Crippen molar-refractivity contribution in [1.29, 1.82) is 5.26 Å². The molecule has 0 fully saturated rings. The van der Waals surface area contributed by atoms with Gasteiger partial charge in [0.05, 0.1) is 11.6 Å². The third-order valence-electron chi connectivity index (χ3n) is 2.65. The minimum absolute atomic E-state index is 0. The van der Waals surface area contributed by atoms with Crippen LogP contribution < -0.4 is 5.32 Å². The summed E-state index contributed by atoms with van der Waals surface area (Å²) in [4.78, 5) is 0. The number of hydrogen-bond donors (Lipinski definition) is 1. The first-order valence-electron chi connectivity index (χ1n) is 5.72. The highest BCUT2D eigenvalue weighted by Gasteiger charge is 1.96. The van der Waals surface area contributed by atoms with Crippen molar-refractivity contribution >= 4 is 12.4 Å². The van der Waals surface area contributed by atoms with Gasteiger partial charge in [-0.2, -0.15) is 5.26 Å². The maximum atomic E-state index is 12.7. The molecule has 0 aliphatic heterocycles. The van der Waals surface area contributed by atoms with Gasteiger partial charge in [-0.1, -0.05) is 24.3 Å². The molecule has 0 heterocycles. The molecule has 2 nitrogen and oxygen atoms in total. The molecular formula is C15H14ClFN2. The van der Waals surface area contributed by atoms with Crippen molar-refractivity contribution < 1.29 is 4.39 Å². The van der Waals surface area contributed by atoms with Crippen molar-refractivity contribution in [3.8, 4) is 6.07 Å². The molecule has 0 atom stereocenters. The van der Waals surface area contributed by atoms with E-state index in [1.54, 1.807) is 24.3 Å². The average Bonchev–Trinajstić information content (AvgIpc) is 2.42. The summed E-state index contributed by atoms with van der Waals surface area (Å²) in [5, 5.41) is 11.9. The molecule has 4 heteroatoms. The van der Waals surface area contributed by atoms with E-state index < -0.39 is 0 Å². The van der Waals surface area contributed by atoms with Gasteiger partial charge in [0.25, 0.3) is 0 Å². The van der Waals surface area contributed by atoms with Crippen molar-refractivity contribution in [2.45, 2.75) is 13.1 Å². The van der Waals surface area contributed by atoms with Crippen LogP contribution in [0.25, 0.3) is 0 Å². The molecule has 0 unspecified atom stereocenters. The Morgan fingerprint density at radius 2 is 1.37 bits per heavy atom. The van der Waals surface area contributed by atoms with Crippen LogP contribution in [0.5, 0.6) is 0 Å². The Morgan fingerprint density at radius 3 is 1.84 bits per heavy atom. The second-order valence-electron chi connectivity index (χ2n) is 4.04. The number of halogens is 2. The first-order valence-corrected chi connectivity index (χ1v) is 5.72. The molecular weight excluding hydrogens is 263 g/mol. The summed E-state index contributed by atoms with van der Waals surface area (Å²) >= 11 is 0. The molecule has 19 heavy (non-hydrogen) atoms. The molecule has 2 rings (SSSR count). The van der Waals surface area contributed by atoms with Crippen LogP contribution in [0.3, 0.4) is 0 Å². The van der Waals surface area contributed by atoms with Crippen molar-refractivity contribution in [3.05, 3.63) is 71.0 Å². The molecule has 0 radical (unpaired) electrons. The normalized spacial score (nSPS) is 9.47. The number of hydrogen-bond acceptors (Lipinski definition) is 2. The van der Waals surface area contributed by atoms with Crippen LogP contribution in [0.1, 0.15) is 16.7 Å². The van der Waals surface area contributed by atoms with Gasteiger partial charge in [0.2, 0.25) is 0 Å². The summed E-state index contributed by atoms with van der Waals surface area (Å²) < 4.78 is 12.7. The van der Waals surface area contributed by atoms with Gasteiger partial charge in [-0.05, 0) is 35.4 Å². The van der Waals surface area contributed by atoms with Crippen LogP contribution in [0.4, 0.5) is 4.39 Å². The van der Waals surface area contributed by atoms with E-state index >= 15 is 0 Å². The molecule has 2 aromatic rings. The fraction of sp³-hybridized carbons (Fsp3) is 0.133. The quantitative estimate of drug-likeness (QED) is 0.929. The van der Waals surface area contributed by atoms with Crippen molar-refractivity contribution in [1.82, 2.24) is 5.32 Å². The zero-order chi connectivity index (χ0) is 12.8. The lowest BCUT2D eigenvalue weighted by molar-refractivity contribution is 0.625. The van der Waals surface area contributed by atoms with Gasteiger partial charge >= 0.3 is 0 Å². The molecule has 1 N–H and O–H groups in total. The Labute approximate surface area is 118 Å². The summed E-state index contributed by atoms with van der Waals surface area (Å²) in [6, 6.07) is 16.0. The zero-order valence-electron chi connectivity index (χ0n) is 10.3. The van der Waals surface area contributed by atoms with Gasteiger partial charge in [0, 0.05) is 13.1 Å². The number of benzene rings is 2. The standard InChI is InChI=1S/C15H13FN2.ClH/c16-15-7-5-14(6-8-15)11-18-10-13-3-1-12(9-17)2-4-13;/h1-8,18H,10-11H2;1H. The van der Waals surface area contributed by atoms with Crippen LogP contribution >= 0.6 is 12.4 Å². The number of nitrogens with one attached hydrogen (secondary N) is 1. The van der Waals surface area contributed by atoms with Crippen LogP contribution in [-0.4, -0.2) is 0 Å². The molecule has 0 spiro atoms. The molecule has 0 amide bonds. The Balaban J connectivity index is 0.00000180. The second-order valence-corrected chi connectivity index (χ2v) is 4.04. The lowest BCUT2D eigenvalue weighted by atomic mass is 10.1. The van der Waals surface area contributed by atoms with E-state index in [1.165, 1.54) is 12.1 Å². The first kappa shape index (κ1) is 15.2. The van der Waals surface area contributed by atoms with Gasteiger partial charge in [-0.15, -0.1) is 12.4 Å². The summed E-state index contributed by atoms with van der Waals surface area (Å²) in [5.74, 6) is -0.217. The predicted molar refractivity (Wildman–Crippen MR) is 75.3 cm³/mol. The summed E-state index contributed by atoms with van der Waals surface area (Å²) in [7, 11) is 0. The third-order valence-corrected chi connectivity index (χ3v) is 2.65. The fourth-order valence-corrected chi connectivity index (χ4v) is 1.65. The van der Waals surface area contributed by atoms with Crippen LogP contribution in [0, 0.1) is 17.1 Å². The van der Waals surface area contributed by atoms with E-state index in [4.69, 9.17) is 5.26 Å². The highest BCUT2D eigenvalue weighted by Crippen LogP contribution is 2.05. The highest BCUT2D eigenvalue weighted by molar-refractivity contribution is 5.85. The summed E-state index contributed by atoms with van der Waals surface area (Å²) in [6.45, 7) is 1.42. The fourth-order valence-electron chi connectivity index (χ4n) is 1.65. The Morgan fingerprint density at radius 1 is 0.895 bits per heavy atom. The van der Waals surface area contributed by atoms with E-state index in [-0.39, 0.29) is 18.2 Å². The monoisotopic (exact) mass is 276 g/mol. The van der Waals surface area contributed by atoms with Crippen LogP contribution in [0.2, 0.25) is 0 Å². The first-order chi connectivity index (χ1) is 8.78. The van der Waals surface area contributed by atoms with Gasteiger partial charge in [-0.25, -0.2) is 4.39 Å². The lowest BCUT2D eigenvalue weighted by Gasteiger charge is -2.05.